The predicted molar refractivity (Wildman–Crippen MR) is 70.6 cm³/mol. The SMILES string of the molecule is CN(CC(=O)NC1CC1)C(C(=O)O)c1ccccc1. The van der Waals surface area contributed by atoms with Crippen molar-refractivity contribution in [2.45, 2.75) is 24.9 Å². The van der Waals surface area contributed by atoms with Crippen LogP contribution in [0.25, 0.3) is 0 Å². The van der Waals surface area contributed by atoms with E-state index in [1.54, 1.807) is 36.2 Å². The van der Waals surface area contributed by atoms with Crippen molar-refractivity contribution in [2.75, 3.05) is 13.6 Å². The third-order valence-electron chi connectivity index (χ3n) is 3.13. The Balaban J connectivity index is 2.01. The molecule has 0 heterocycles. The van der Waals surface area contributed by atoms with Crippen LogP contribution in [0.4, 0.5) is 0 Å². The van der Waals surface area contributed by atoms with Crippen LogP contribution in [0.1, 0.15) is 24.4 Å². The highest BCUT2D eigenvalue weighted by Gasteiger charge is 2.28. The zero-order valence-electron chi connectivity index (χ0n) is 10.9. The van der Waals surface area contributed by atoms with E-state index in [-0.39, 0.29) is 12.5 Å². The van der Waals surface area contributed by atoms with Gasteiger partial charge in [-0.25, -0.2) is 0 Å². The minimum atomic E-state index is -0.951. The number of aliphatic carboxylic acids is 1. The Morgan fingerprint density at radius 1 is 1.37 bits per heavy atom. The summed E-state index contributed by atoms with van der Waals surface area (Å²) in [6, 6.07) is 8.43. The average Bonchev–Trinajstić information content (AvgIpc) is 3.13. The number of amides is 1. The first-order chi connectivity index (χ1) is 9.08. The normalized spacial score (nSPS) is 16.1. The number of hydrogen-bond donors (Lipinski definition) is 2. The zero-order valence-corrected chi connectivity index (χ0v) is 10.9. The summed E-state index contributed by atoms with van der Waals surface area (Å²) in [5.74, 6) is -1.07. The lowest BCUT2D eigenvalue weighted by Gasteiger charge is -2.24. The molecule has 2 N–H and O–H groups in total. The van der Waals surface area contributed by atoms with E-state index in [4.69, 9.17) is 0 Å². The fourth-order valence-corrected chi connectivity index (χ4v) is 2.04. The van der Waals surface area contributed by atoms with Gasteiger partial charge in [0.2, 0.25) is 5.91 Å². The van der Waals surface area contributed by atoms with E-state index >= 15 is 0 Å². The molecule has 19 heavy (non-hydrogen) atoms. The van der Waals surface area contributed by atoms with Gasteiger partial charge >= 0.3 is 5.97 Å². The molecule has 0 aliphatic heterocycles. The Morgan fingerprint density at radius 2 is 2.00 bits per heavy atom. The van der Waals surface area contributed by atoms with E-state index in [2.05, 4.69) is 5.32 Å². The largest absolute Gasteiger partial charge is 0.480 e. The molecule has 1 aliphatic rings. The third kappa shape index (κ3) is 3.79. The average molecular weight is 262 g/mol. The summed E-state index contributed by atoms with van der Waals surface area (Å²) < 4.78 is 0. The number of carboxylic acids is 1. The second kappa shape index (κ2) is 5.84. The second-order valence-corrected chi connectivity index (χ2v) is 4.91. The van der Waals surface area contributed by atoms with E-state index in [0.29, 0.717) is 11.6 Å². The van der Waals surface area contributed by atoms with Crippen molar-refractivity contribution in [2.24, 2.45) is 0 Å². The van der Waals surface area contributed by atoms with E-state index in [1.165, 1.54) is 0 Å². The first kappa shape index (κ1) is 13.5. The Hall–Kier alpha value is -1.88. The molecule has 102 valence electrons. The molecule has 0 aromatic heterocycles. The molecule has 0 radical (unpaired) electrons. The summed E-state index contributed by atoms with van der Waals surface area (Å²) in [5, 5.41) is 12.2. The van der Waals surface area contributed by atoms with Crippen molar-refractivity contribution < 1.29 is 14.7 Å². The molecule has 5 heteroatoms. The van der Waals surface area contributed by atoms with Gasteiger partial charge in [-0.05, 0) is 25.5 Å². The van der Waals surface area contributed by atoms with Gasteiger partial charge < -0.3 is 10.4 Å². The summed E-state index contributed by atoms with van der Waals surface area (Å²) in [6.07, 6.45) is 2.05. The minimum Gasteiger partial charge on any atom is -0.480 e. The van der Waals surface area contributed by atoms with Crippen molar-refractivity contribution in [3.8, 4) is 0 Å². The van der Waals surface area contributed by atoms with Gasteiger partial charge in [0, 0.05) is 6.04 Å². The van der Waals surface area contributed by atoms with Crippen LogP contribution in [0.15, 0.2) is 30.3 Å². The number of carboxylic acid groups (broad SMARTS) is 1. The van der Waals surface area contributed by atoms with Gasteiger partial charge in [0.1, 0.15) is 6.04 Å². The number of carbonyl (C=O) groups excluding carboxylic acids is 1. The van der Waals surface area contributed by atoms with Gasteiger partial charge in [0.15, 0.2) is 0 Å². The molecule has 1 atom stereocenters. The van der Waals surface area contributed by atoms with Gasteiger partial charge in [0.05, 0.1) is 6.54 Å². The van der Waals surface area contributed by atoms with Crippen molar-refractivity contribution >= 4 is 11.9 Å². The molecule has 0 saturated heterocycles. The van der Waals surface area contributed by atoms with Gasteiger partial charge in [-0.15, -0.1) is 0 Å². The molecule has 1 fully saturated rings. The Labute approximate surface area is 112 Å². The fourth-order valence-electron chi connectivity index (χ4n) is 2.04. The first-order valence-corrected chi connectivity index (χ1v) is 6.35. The smallest absolute Gasteiger partial charge is 0.325 e. The summed E-state index contributed by atoms with van der Waals surface area (Å²) in [6.45, 7) is 0.0857. The van der Waals surface area contributed by atoms with Crippen LogP contribution in [-0.4, -0.2) is 41.5 Å². The minimum absolute atomic E-state index is 0.0857. The molecular weight excluding hydrogens is 244 g/mol. The van der Waals surface area contributed by atoms with Crippen LogP contribution in [0, 0.1) is 0 Å². The lowest BCUT2D eigenvalue weighted by Crippen LogP contribution is -2.40. The van der Waals surface area contributed by atoms with Crippen LogP contribution in [0.3, 0.4) is 0 Å². The highest BCUT2D eigenvalue weighted by atomic mass is 16.4. The number of benzene rings is 1. The van der Waals surface area contributed by atoms with Crippen molar-refractivity contribution in [1.82, 2.24) is 10.2 Å². The van der Waals surface area contributed by atoms with E-state index in [0.717, 1.165) is 12.8 Å². The summed E-state index contributed by atoms with van der Waals surface area (Å²) in [4.78, 5) is 24.7. The molecule has 0 bridgehead atoms. The Morgan fingerprint density at radius 3 is 2.53 bits per heavy atom. The van der Waals surface area contributed by atoms with Crippen LogP contribution in [0.2, 0.25) is 0 Å². The number of nitrogens with zero attached hydrogens (tertiary/aromatic N) is 1. The molecule has 1 aromatic carbocycles. The van der Waals surface area contributed by atoms with Crippen LogP contribution in [-0.2, 0) is 9.59 Å². The Bertz CT molecular complexity index is 457. The molecular formula is C14H18N2O3. The maximum Gasteiger partial charge on any atom is 0.325 e. The van der Waals surface area contributed by atoms with Crippen LogP contribution >= 0.6 is 0 Å². The van der Waals surface area contributed by atoms with E-state index < -0.39 is 12.0 Å². The zero-order chi connectivity index (χ0) is 13.8. The third-order valence-corrected chi connectivity index (χ3v) is 3.13. The van der Waals surface area contributed by atoms with Gasteiger partial charge in [-0.3, -0.25) is 14.5 Å². The molecule has 2 rings (SSSR count). The van der Waals surface area contributed by atoms with Crippen LogP contribution in [0.5, 0.6) is 0 Å². The number of likely N-dealkylation sites (N-methyl/N-ethyl adjacent to an activating group) is 1. The van der Waals surface area contributed by atoms with Gasteiger partial charge in [0.25, 0.3) is 0 Å². The molecule has 0 spiro atoms. The Kier molecular flexibility index (Phi) is 4.16. The molecule has 5 nitrogen and oxygen atoms in total. The summed E-state index contributed by atoms with van der Waals surface area (Å²) in [5.41, 5.74) is 0.678. The number of rotatable bonds is 6. The summed E-state index contributed by atoms with van der Waals surface area (Å²) >= 11 is 0. The monoisotopic (exact) mass is 262 g/mol. The maximum absolute atomic E-state index is 11.7. The molecule has 1 unspecified atom stereocenters. The van der Waals surface area contributed by atoms with Crippen molar-refractivity contribution in [3.05, 3.63) is 35.9 Å². The highest BCUT2D eigenvalue weighted by Crippen LogP contribution is 2.20. The number of hydrogen-bond acceptors (Lipinski definition) is 3. The van der Waals surface area contributed by atoms with Gasteiger partial charge in [-0.2, -0.15) is 0 Å². The van der Waals surface area contributed by atoms with Gasteiger partial charge in [-0.1, -0.05) is 30.3 Å². The maximum atomic E-state index is 11.7. The summed E-state index contributed by atoms with van der Waals surface area (Å²) in [7, 11) is 1.65. The number of nitrogens with one attached hydrogen (secondary N) is 1. The van der Waals surface area contributed by atoms with Crippen molar-refractivity contribution in [3.63, 3.8) is 0 Å². The lowest BCUT2D eigenvalue weighted by atomic mass is 10.1. The molecule has 1 saturated carbocycles. The van der Waals surface area contributed by atoms with Crippen molar-refractivity contribution in [1.29, 1.82) is 0 Å². The second-order valence-electron chi connectivity index (χ2n) is 4.91. The molecule has 1 aromatic rings. The van der Waals surface area contributed by atoms with E-state index in [9.17, 15) is 14.7 Å². The number of carbonyl (C=O) groups is 2. The lowest BCUT2D eigenvalue weighted by molar-refractivity contribution is -0.143. The standard InChI is InChI=1S/C14H18N2O3/c1-16(9-12(17)15-11-7-8-11)13(14(18)19)10-5-3-2-4-6-10/h2-6,11,13H,7-9H2,1H3,(H,15,17)(H,18,19). The fraction of sp³-hybridized carbons (Fsp3) is 0.429. The predicted octanol–water partition coefficient (Wildman–Crippen LogP) is 1.02. The molecule has 1 aliphatic carbocycles. The highest BCUT2D eigenvalue weighted by molar-refractivity contribution is 5.80. The van der Waals surface area contributed by atoms with Crippen LogP contribution < -0.4 is 5.32 Å². The molecule has 1 amide bonds. The first-order valence-electron chi connectivity index (χ1n) is 6.35. The topological polar surface area (TPSA) is 69.6 Å². The quantitative estimate of drug-likeness (QED) is 0.803. The van der Waals surface area contributed by atoms with E-state index in [1.807, 2.05) is 6.07 Å².